The first-order valence-corrected chi connectivity index (χ1v) is 9.20. The van der Waals surface area contributed by atoms with Crippen LogP contribution in [0.1, 0.15) is 35.7 Å². The molecule has 1 aliphatic rings. The highest BCUT2D eigenvalue weighted by Gasteiger charge is 2.25. The predicted molar refractivity (Wildman–Crippen MR) is 99.1 cm³/mol. The Morgan fingerprint density at radius 2 is 1.93 bits per heavy atom. The van der Waals surface area contributed by atoms with Crippen molar-refractivity contribution in [1.29, 1.82) is 0 Å². The van der Waals surface area contributed by atoms with Crippen molar-refractivity contribution in [3.8, 4) is 11.4 Å². The Morgan fingerprint density at radius 3 is 2.68 bits per heavy atom. The molecule has 1 aromatic heterocycles. The van der Waals surface area contributed by atoms with Gasteiger partial charge in [0.2, 0.25) is 0 Å². The second-order valence-corrected chi connectivity index (χ2v) is 6.76. The van der Waals surface area contributed by atoms with Crippen LogP contribution in [0.15, 0.2) is 54.7 Å². The van der Waals surface area contributed by atoms with E-state index in [0.29, 0.717) is 12.2 Å². The summed E-state index contributed by atoms with van der Waals surface area (Å²) in [6, 6.07) is 13.3. The number of hydrogen-bond donors (Lipinski definition) is 1. The average Bonchev–Trinajstić information content (AvgIpc) is 3.12. The van der Waals surface area contributed by atoms with Crippen molar-refractivity contribution in [3.05, 3.63) is 77.4 Å². The number of nitrogens with one attached hydrogen (secondary N) is 1. The van der Waals surface area contributed by atoms with Gasteiger partial charge in [-0.2, -0.15) is 13.9 Å². The van der Waals surface area contributed by atoms with Crippen molar-refractivity contribution in [3.63, 3.8) is 0 Å². The van der Waals surface area contributed by atoms with Crippen LogP contribution >= 0.6 is 0 Å². The Hall–Kier alpha value is -2.80. The van der Waals surface area contributed by atoms with Crippen LogP contribution in [-0.4, -0.2) is 16.4 Å². The summed E-state index contributed by atoms with van der Waals surface area (Å²) in [5.74, 6) is -0.153. The number of hydrogen-bond acceptors (Lipinski definition) is 3. The van der Waals surface area contributed by atoms with Crippen LogP contribution in [0.4, 0.5) is 13.2 Å². The van der Waals surface area contributed by atoms with Crippen LogP contribution in [0.2, 0.25) is 0 Å². The van der Waals surface area contributed by atoms with Crippen LogP contribution in [-0.2, 0) is 13.0 Å². The van der Waals surface area contributed by atoms with Crippen molar-refractivity contribution in [2.24, 2.45) is 0 Å². The van der Waals surface area contributed by atoms with E-state index >= 15 is 0 Å². The molecule has 7 heteroatoms. The lowest BCUT2D eigenvalue weighted by Gasteiger charge is -2.24. The van der Waals surface area contributed by atoms with Crippen molar-refractivity contribution in [2.75, 3.05) is 0 Å². The summed E-state index contributed by atoms with van der Waals surface area (Å²) in [7, 11) is 0. The maximum absolute atomic E-state index is 14.2. The highest BCUT2D eigenvalue weighted by atomic mass is 19.3. The van der Waals surface area contributed by atoms with Crippen LogP contribution in [0.3, 0.4) is 0 Å². The molecule has 0 unspecified atom stereocenters. The second-order valence-electron chi connectivity index (χ2n) is 6.76. The molecule has 0 fully saturated rings. The fraction of sp³-hybridized carbons (Fsp3) is 0.286. The summed E-state index contributed by atoms with van der Waals surface area (Å²) in [5, 5.41) is 7.92. The SMILES string of the molecule is Fc1ccccc1-n1ncc2c1CCC[C@H]2NCc1ccc(OC(F)F)cc1. The third kappa shape index (κ3) is 3.89. The Balaban J connectivity index is 1.48. The molecule has 0 saturated heterocycles. The van der Waals surface area contributed by atoms with Gasteiger partial charge in [0.25, 0.3) is 0 Å². The number of aromatic nitrogens is 2. The lowest BCUT2D eigenvalue weighted by Crippen LogP contribution is -2.25. The summed E-state index contributed by atoms with van der Waals surface area (Å²) in [4.78, 5) is 0. The molecule has 1 atom stereocenters. The Bertz CT molecular complexity index is 940. The number of fused-ring (bicyclic) bond motifs is 1. The predicted octanol–water partition coefficient (Wildman–Crippen LogP) is 4.78. The van der Waals surface area contributed by atoms with Gasteiger partial charge in [-0.15, -0.1) is 0 Å². The molecule has 0 radical (unpaired) electrons. The number of benzene rings is 2. The monoisotopic (exact) mass is 387 g/mol. The molecule has 1 N–H and O–H groups in total. The molecule has 28 heavy (non-hydrogen) atoms. The van der Waals surface area contributed by atoms with Crippen molar-refractivity contribution >= 4 is 0 Å². The van der Waals surface area contributed by atoms with Gasteiger partial charge in [0.05, 0.1) is 6.20 Å². The molecule has 146 valence electrons. The fourth-order valence-electron chi connectivity index (χ4n) is 3.63. The first kappa shape index (κ1) is 18.6. The normalized spacial score (nSPS) is 16.2. The van der Waals surface area contributed by atoms with Gasteiger partial charge < -0.3 is 10.1 Å². The molecule has 0 bridgehead atoms. The highest BCUT2D eigenvalue weighted by molar-refractivity contribution is 5.38. The number of rotatable bonds is 6. The molecule has 0 spiro atoms. The second kappa shape index (κ2) is 8.06. The number of para-hydroxylation sites is 1. The number of halogens is 3. The molecule has 2 aromatic carbocycles. The largest absolute Gasteiger partial charge is 0.435 e. The van der Waals surface area contributed by atoms with E-state index in [1.165, 1.54) is 18.2 Å². The van der Waals surface area contributed by atoms with Crippen molar-refractivity contribution in [2.45, 2.75) is 38.5 Å². The van der Waals surface area contributed by atoms with E-state index in [4.69, 9.17) is 0 Å². The van der Waals surface area contributed by atoms with E-state index in [2.05, 4.69) is 15.2 Å². The maximum atomic E-state index is 14.2. The minimum Gasteiger partial charge on any atom is -0.435 e. The van der Waals surface area contributed by atoms with Gasteiger partial charge >= 0.3 is 6.61 Å². The van der Waals surface area contributed by atoms with Gasteiger partial charge in [-0.3, -0.25) is 0 Å². The third-order valence-corrected chi connectivity index (χ3v) is 4.96. The summed E-state index contributed by atoms with van der Waals surface area (Å²) in [5.41, 5.74) is 3.52. The number of ether oxygens (including phenoxy) is 1. The highest BCUT2D eigenvalue weighted by Crippen LogP contribution is 2.31. The maximum Gasteiger partial charge on any atom is 0.387 e. The fourth-order valence-corrected chi connectivity index (χ4v) is 3.63. The Kier molecular flexibility index (Phi) is 5.34. The Morgan fingerprint density at radius 1 is 1.14 bits per heavy atom. The standard InChI is InChI=1S/C21H20F3N3O/c22-17-4-1-2-6-20(17)27-19-7-3-5-18(16(19)13-26-27)25-12-14-8-10-15(11-9-14)28-21(23)24/h1-2,4,6,8-11,13,18,21,25H,3,5,7,12H2/t18-/m1/s1. The van der Waals surface area contributed by atoms with Gasteiger partial charge in [-0.05, 0) is 49.1 Å². The molecule has 0 aliphatic heterocycles. The topological polar surface area (TPSA) is 39.1 Å². The zero-order valence-electron chi connectivity index (χ0n) is 15.1. The zero-order valence-corrected chi connectivity index (χ0v) is 15.1. The smallest absolute Gasteiger partial charge is 0.387 e. The summed E-state index contributed by atoms with van der Waals surface area (Å²) in [6.07, 6.45) is 4.59. The molecule has 1 heterocycles. The lowest BCUT2D eigenvalue weighted by atomic mass is 9.92. The Labute approximate surface area is 160 Å². The molecule has 0 amide bonds. The molecule has 4 rings (SSSR count). The molecule has 4 nitrogen and oxygen atoms in total. The van der Waals surface area contributed by atoms with E-state index in [1.807, 2.05) is 0 Å². The number of alkyl halides is 2. The van der Waals surface area contributed by atoms with Gasteiger partial charge in [0.15, 0.2) is 0 Å². The van der Waals surface area contributed by atoms with Gasteiger partial charge in [-0.1, -0.05) is 24.3 Å². The van der Waals surface area contributed by atoms with E-state index in [0.717, 1.165) is 36.1 Å². The molecule has 1 aliphatic carbocycles. The van der Waals surface area contributed by atoms with Gasteiger partial charge in [-0.25, -0.2) is 9.07 Å². The average molecular weight is 387 g/mol. The minimum atomic E-state index is -2.82. The van der Waals surface area contributed by atoms with Crippen molar-refractivity contribution in [1.82, 2.24) is 15.1 Å². The minimum absolute atomic E-state index is 0.112. The quantitative estimate of drug-likeness (QED) is 0.662. The van der Waals surface area contributed by atoms with E-state index in [-0.39, 0.29) is 17.6 Å². The van der Waals surface area contributed by atoms with E-state index in [1.54, 1.807) is 41.2 Å². The number of nitrogens with zero attached hydrogens (tertiary/aromatic N) is 2. The molecule has 0 saturated carbocycles. The van der Waals surface area contributed by atoms with Crippen LogP contribution in [0.5, 0.6) is 5.75 Å². The first-order chi connectivity index (χ1) is 13.6. The van der Waals surface area contributed by atoms with E-state index < -0.39 is 6.61 Å². The van der Waals surface area contributed by atoms with Crippen molar-refractivity contribution < 1.29 is 17.9 Å². The summed E-state index contributed by atoms with van der Waals surface area (Å²) in [6.45, 7) is -2.24. The summed E-state index contributed by atoms with van der Waals surface area (Å²) < 4.78 is 44.7. The summed E-state index contributed by atoms with van der Waals surface area (Å²) >= 11 is 0. The van der Waals surface area contributed by atoms with E-state index in [9.17, 15) is 13.2 Å². The zero-order chi connectivity index (χ0) is 19.5. The van der Waals surface area contributed by atoms with Gasteiger partial charge in [0.1, 0.15) is 17.3 Å². The molecule has 3 aromatic rings. The molecular weight excluding hydrogens is 367 g/mol. The third-order valence-electron chi connectivity index (χ3n) is 4.96. The first-order valence-electron chi connectivity index (χ1n) is 9.20. The lowest BCUT2D eigenvalue weighted by molar-refractivity contribution is -0.0498. The van der Waals surface area contributed by atoms with Crippen LogP contribution in [0.25, 0.3) is 5.69 Å². The van der Waals surface area contributed by atoms with Crippen LogP contribution < -0.4 is 10.1 Å². The van der Waals surface area contributed by atoms with Gasteiger partial charge in [0, 0.05) is 23.8 Å². The molecular formula is C21H20F3N3O. The van der Waals surface area contributed by atoms with Crippen LogP contribution in [0, 0.1) is 5.82 Å².